The standard InChI is InChI=1S/C31H36O7/c1-15(2)13-18(22-27(35)30(4,5)29(37)31(6,7)28(22)36)21-24(33)16(3)26-23(25(21)34)19(32)14-20(38-26)17-11-9-8-10-12-17/h8-12,15,18,20,33-35H,13-14H2,1-7H3/t18-,20+/m1/s1. The smallest absolute Gasteiger partial charge is 0.175 e. The van der Waals surface area contributed by atoms with Crippen LogP contribution in [-0.4, -0.2) is 32.7 Å². The molecular formula is C31H36O7. The molecule has 0 spiro atoms. The Bertz CT molecular complexity index is 1360. The van der Waals surface area contributed by atoms with Crippen LogP contribution in [0.5, 0.6) is 17.2 Å². The van der Waals surface area contributed by atoms with Gasteiger partial charge < -0.3 is 20.1 Å². The second-order valence-corrected chi connectivity index (χ2v) is 11.9. The lowest BCUT2D eigenvalue weighted by molar-refractivity contribution is -0.144. The number of carbonyl (C=O) groups excluding carboxylic acids is 3. The van der Waals surface area contributed by atoms with Gasteiger partial charge in [-0.2, -0.15) is 0 Å². The lowest BCUT2D eigenvalue weighted by Crippen LogP contribution is -2.49. The summed E-state index contributed by atoms with van der Waals surface area (Å²) >= 11 is 0. The van der Waals surface area contributed by atoms with Gasteiger partial charge in [-0.25, -0.2) is 0 Å². The van der Waals surface area contributed by atoms with E-state index in [4.69, 9.17) is 4.74 Å². The summed E-state index contributed by atoms with van der Waals surface area (Å²) in [5, 5.41) is 34.3. The molecule has 1 aliphatic heterocycles. The van der Waals surface area contributed by atoms with Crippen LogP contribution in [0.4, 0.5) is 0 Å². The minimum atomic E-state index is -1.42. The molecule has 202 valence electrons. The predicted octanol–water partition coefficient (Wildman–Crippen LogP) is 6.26. The van der Waals surface area contributed by atoms with Gasteiger partial charge in [-0.05, 0) is 52.5 Å². The second-order valence-electron chi connectivity index (χ2n) is 11.9. The van der Waals surface area contributed by atoms with E-state index < -0.39 is 40.2 Å². The van der Waals surface area contributed by atoms with Crippen molar-refractivity contribution in [2.75, 3.05) is 0 Å². The van der Waals surface area contributed by atoms with E-state index >= 15 is 0 Å². The highest BCUT2D eigenvalue weighted by Gasteiger charge is 2.55. The number of rotatable bonds is 5. The molecule has 0 unspecified atom stereocenters. The van der Waals surface area contributed by atoms with E-state index in [-0.39, 0.29) is 64.1 Å². The van der Waals surface area contributed by atoms with Crippen LogP contribution >= 0.6 is 0 Å². The number of aromatic hydroxyl groups is 2. The lowest BCUT2D eigenvalue weighted by atomic mass is 9.60. The molecule has 3 N–H and O–H groups in total. The highest BCUT2D eigenvalue weighted by molar-refractivity contribution is 6.19. The van der Waals surface area contributed by atoms with E-state index in [9.17, 15) is 29.7 Å². The van der Waals surface area contributed by atoms with E-state index in [1.165, 1.54) is 13.8 Å². The van der Waals surface area contributed by atoms with E-state index in [2.05, 4.69) is 0 Å². The van der Waals surface area contributed by atoms with Crippen LogP contribution in [0.2, 0.25) is 0 Å². The van der Waals surface area contributed by atoms with Crippen molar-refractivity contribution in [2.45, 2.75) is 73.3 Å². The molecule has 7 nitrogen and oxygen atoms in total. The van der Waals surface area contributed by atoms with Crippen LogP contribution in [0.3, 0.4) is 0 Å². The number of aliphatic hydroxyl groups excluding tert-OH is 1. The first-order valence-corrected chi connectivity index (χ1v) is 13.0. The molecule has 2 aromatic rings. The van der Waals surface area contributed by atoms with Gasteiger partial charge in [0.15, 0.2) is 17.3 Å². The van der Waals surface area contributed by atoms with Crippen LogP contribution in [-0.2, 0) is 9.59 Å². The van der Waals surface area contributed by atoms with Crippen LogP contribution in [0.25, 0.3) is 0 Å². The fourth-order valence-electron chi connectivity index (χ4n) is 5.84. The number of aliphatic hydroxyl groups is 1. The highest BCUT2D eigenvalue weighted by atomic mass is 16.5. The summed E-state index contributed by atoms with van der Waals surface area (Å²) < 4.78 is 6.15. The monoisotopic (exact) mass is 520 g/mol. The van der Waals surface area contributed by atoms with Crippen molar-refractivity contribution in [3.63, 3.8) is 0 Å². The maximum absolute atomic E-state index is 13.7. The van der Waals surface area contributed by atoms with Gasteiger partial charge in [0.1, 0.15) is 34.7 Å². The molecule has 0 saturated carbocycles. The Balaban J connectivity index is 1.96. The summed E-state index contributed by atoms with van der Waals surface area (Å²) in [6.45, 7) is 11.6. The summed E-state index contributed by atoms with van der Waals surface area (Å²) in [5.41, 5.74) is -1.80. The minimum Gasteiger partial charge on any atom is -0.511 e. The first-order chi connectivity index (χ1) is 17.6. The third-order valence-corrected chi connectivity index (χ3v) is 7.95. The number of phenolic OH excluding ortho intramolecular Hbond substituents is 2. The number of phenols is 2. The molecule has 38 heavy (non-hydrogen) atoms. The topological polar surface area (TPSA) is 121 Å². The third kappa shape index (κ3) is 4.08. The SMILES string of the molecule is Cc1c(O)c([C@@H](CC(C)C)C2=C(O)C(C)(C)C(=O)C(C)(C)C2=O)c(O)c2c1O[C@H](c1ccccc1)CC2=O. The van der Waals surface area contributed by atoms with Crippen LogP contribution < -0.4 is 4.74 Å². The van der Waals surface area contributed by atoms with Gasteiger partial charge in [-0.3, -0.25) is 14.4 Å². The normalized spacial score (nSPS) is 21.4. The Morgan fingerprint density at radius 3 is 2.13 bits per heavy atom. The van der Waals surface area contributed by atoms with Gasteiger partial charge in [-0.15, -0.1) is 0 Å². The first-order valence-electron chi connectivity index (χ1n) is 13.0. The zero-order valence-electron chi connectivity index (χ0n) is 23.0. The number of fused-ring (bicyclic) bond motifs is 1. The summed E-state index contributed by atoms with van der Waals surface area (Å²) in [5.74, 6) is -3.37. The molecule has 4 rings (SSSR count). The number of hydrogen-bond acceptors (Lipinski definition) is 7. The maximum Gasteiger partial charge on any atom is 0.175 e. The van der Waals surface area contributed by atoms with Gasteiger partial charge in [0, 0.05) is 22.6 Å². The molecule has 2 aliphatic rings. The molecule has 0 bridgehead atoms. The molecule has 0 aromatic heterocycles. The van der Waals surface area contributed by atoms with E-state index in [1.54, 1.807) is 20.8 Å². The Labute approximate surface area is 223 Å². The van der Waals surface area contributed by atoms with E-state index in [0.29, 0.717) is 0 Å². The zero-order valence-corrected chi connectivity index (χ0v) is 23.0. The molecule has 0 fully saturated rings. The number of hydrogen-bond donors (Lipinski definition) is 3. The number of ether oxygens (including phenoxy) is 1. The van der Waals surface area contributed by atoms with Crippen molar-refractivity contribution in [1.82, 2.24) is 0 Å². The molecule has 2 aromatic carbocycles. The maximum atomic E-state index is 13.7. The number of Topliss-reactive ketones (excluding diaryl/α,β-unsaturated/α-hetero) is 3. The number of benzene rings is 2. The minimum absolute atomic E-state index is 0.00941. The van der Waals surface area contributed by atoms with Gasteiger partial charge in [0.2, 0.25) is 0 Å². The van der Waals surface area contributed by atoms with Crippen molar-refractivity contribution in [3.05, 3.63) is 63.9 Å². The highest BCUT2D eigenvalue weighted by Crippen LogP contribution is 2.55. The molecular weight excluding hydrogens is 484 g/mol. The number of ketones is 3. The Kier molecular flexibility index (Phi) is 6.71. The molecule has 1 aliphatic carbocycles. The molecule has 0 radical (unpaired) electrons. The molecule has 2 atom stereocenters. The summed E-state index contributed by atoms with van der Waals surface area (Å²) in [6, 6.07) is 9.24. The van der Waals surface area contributed by atoms with Gasteiger partial charge in [0.25, 0.3) is 0 Å². The Hall–Kier alpha value is -3.61. The molecule has 1 heterocycles. The number of carbonyl (C=O) groups is 3. The Morgan fingerprint density at radius 1 is 0.947 bits per heavy atom. The summed E-state index contributed by atoms with van der Waals surface area (Å²) in [6.07, 6.45) is -0.317. The Morgan fingerprint density at radius 2 is 1.55 bits per heavy atom. The first kappa shape index (κ1) is 27.4. The fraction of sp³-hybridized carbons (Fsp3) is 0.452. The fourth-order valence-corrected chi connectivity index (χ4v) is 5.84. The third-order valence-electron chi connectivity index (χ3n) is 7.95. The van der Waals surface area contributed by atoms with Crippen LogP contribution in [0, 0.1) is 23.7 Å². The van der Waals surface area contributed by atoms with Crippen molar-refractivity contribution >= 4 is 17.3 Å². The van der Waals surface area contributed by atoms with Crippen LogP contribution in [0.1, 0.15) is 93.5 Å². The molecule has 0 amide bonds. The van der Waals surface area contributed by atoms with Crippen molar-refractivity contribution in [3.8, 4) is 17.2 Å². The van der Waals surface area contributed by atoms with Crippen molar-refractivity contribution < 1.29 is 34.4 Å². The van der Waals surface area contributed by atoms with E-state index in [0.717, 1.165) is 5.56 Å². The lowest BCUT2D eigenvalue weighted by Gasteiger charge is -2.41. The van der Waals surface area contributed by atoms with Gasteiger partial charge >= 0.3 is 0 Å². The molecule has 0 saturated heterocycles. The van der Waals surface area contributed by atoms with E-state index in [1.807, 2.05) is 44.2 Å². The quantitative estimate of drug-likeness (QED) is 0.398. The van der Waals surface area contributed by atoms with Crippen molar-refractivity contribution in [1.29, 1.82) is 0 Å². The number of allylic oxidation sites excluding steroid dienone is 2. The predicted molar refractivity (Wildman–Crippen MR) is 143 cm³/mol. The van der Waals surface area contributed by atoms with Gasteiger partial charge in [0.05, 0.1) is 17.3 Å². The second kappa shape index (κ2) is 9.29. The largest absolute Gasteiger partial charge is 0.511 e. The summed E-state index contributed by atoms with van der Waals surface area (Å²) in [7, 11) is 0. The zero-order chi connectivity index (χ0) is 28.3. The van der Waals surface area contributed by atoms with Crippen molar-refractivity contribution in [2.24, 2.45) is 16.7 Å². The summed E-state index contributed by atoms with van der Waals surface area (Å²) in [4.78, 5) is 40.2. The van der Waals surface area contributed by atoms with Crippen LogP contribution in [0.15, 0.2) is 41.7 Å². The van der Waals surface area contributed by atoms with Gasteiger partial charge in [-0.1, -0.05) is 44.2 Å². The average molecular weight is 521 g/mol. The molecule has 7 heteroatoms. The average Bonchev–Trinajstić information content (AvgIpc) is 2.85.